The van der Waals surface area contributed by atoms with E-state index in [-0.39, 0.29) is 22.1 Å². The molecule has 1 aromatic carbocycles. The van der Waals surface area contributed by atoms with Crippen molar-refractivity contribution >= 4 is 33.2 Å². The van der Waals surface area contributed by atoms with Gasteiger partial charge in [-0.25, -0.2) is 18.4 Å². The molecule has 10 heteroatoms. The van der Waals surface area contributed by atoms with Crippen LogP contribution in [0.5, 0.6) is 5.75 Å². The molecule has 0 spiro atoms. The minimum Gasteiger partial charge on any atom is -0.495 e. The number of hydrogen-bond acceptors (Lipinski definition) is 7. The first-order valence-electron chi connectivity index (χ1n) is 7.36. The highest BCUT2D eigenvalue weighted by Gasteiger charge is 2.20. The Balaban J connectivity index is 2.02. The van der Waals surface area contributed by atoms with Gasteiger partial charge in [0.25, 0.3) is 5.91 Å². The molecule has 0 saturated carbocycles. The number of ether oxygens (including phenoxy) is 2. The summed E-state index contributed by atoms with van der Waals surface area (Å²) in [5, 5.41) is 7.01. The molecule has 140 valence electrons. The Hall–Kier alpha value is -2.43. The van der Waals surface area contributed by atoms with E-state index in [9.17, 15) is 18.0 Å². The van der Waals surface area contributed by atoms with Crippen LogP contribution < -0.4 is 9.88 Å². The third-order valence-electron chi connectivity index (χ3n) is 3.43. The molecule has 0 fully saturated rings. The maximum absolute atomic E-state index is 12.1. The minimum atomic E-state index is -4.08. The van der Waals surface area contributed by atoms with Crippen LogP contribution in [0, 0.1) is 0 Å². The van der Waals surface area contributed by atoms with Crippen LogP contribution in [-0.4, -0.2) is 46.0 Å². The van der Waals surface area contributed by atoms with Crippen molar-refractivity contribution in [1.29, 1.82) is 0 Å². The highest BCUT2D eigenvalue weighted by molar-refractivity contribution is 7.89. The van der Waals surface area contributed by atoms with Gasteiger partial charge in [-0.15, -0.1) is 11.3 Å². The number of likely N-dealkylation sites (N-methyl/N-ethyl adjacent to an activating group) is 1. The number of nitrogens with two attached hydrogens (primary N) is 1. The first-order chi connectivity index (χ1) is 12.2. The molecule has 26 heavy (non-hydrogen) atoms. The summed E-state index contributed by atoms with van der Waals surface area (Å²) >= 11 is 1.52. The molecule has 1 aromatic heterocycles. The fraction of sp³-hybridized carbons (Fsp3) is 0.250. The zero-order valence-electron chi connectivity index (χ0n) is 14.2. The van der Waals surface area contributed by atoms with E-state index in [1.165, 1.54) is 35.5 Å². The first-order valence-corrected chi connectivity index (χ1v) is 9.79. The lowest BCUT2D eigenvalue weighted by Crippen LogP contribution is -2.30. The number of esters is 1. The summed E-state index contributed by atoms with van der Waals surface area (Å²) < 4.78 is 33.0. The summed E-state index contributed by atoms with van der Waals surface area (Å²) in [6, 6.07) is 7.45. The lowest BCUT2D eigenvalue weighted by atomic mass is 10.2. The first kappa shape index (κ1) is 19.9. The van der Waals surface area contributed by atoms with Gasteiger partial charge >= 0.3 is 5.97 Å². The van der Waals surface area contributed by atoms with E-state index in [1.54, 1.807) is 7.05 Å². The topological polar surface area (TPSA) is 116 Å². The molecule has 1 amide bonds. The summed E-state index contributed by atoms with van der Waals surface area (Å²) in [5.41, 5.74) is -0.0523. The number of primary sulfonamides is 1. The van der Waals surface area contributed by atoms with E-state index < -0.39 is 22.6 Å². The van der Waals surface area contributed by atoms with Crippen molar-refractivity contribution in [3.05, 3.63) is 46.2 Å². The molecule has 0 unspecified atom stereocenters. The zero-order valence-corrected chi connectivity index (χ0v) is 15.8. The third-order valence-corrected chi connectivity index (χ3v) is 5.22. The minimum absolute atomic E-state index is 0.0100. The normalized spacial score (nSPS) is 11.0. The number of benzene rings is 1. The largest absolute Gasteiger partial charge is 0.495 e. The fourth-order valence-corrected chi connectivity index (χ4v) is 3.55. The molecule has 0 aliphatic heterocycles. The van der Waals surface area contributed by atoms with Crippen LogP contribution in [0.2, 0.25) is 0 Å². The van der Waals surface area contributed by atoms with Gasteiger partial charge in [-0.3, -0.25) is 4.79 Å². The Morgan fingerprint density at radius 1 is 1.27 bits per heavy atom. The summed E-state index contributed by atoms with van der Waals surface area (Å²) in [7, 11) is -1.20. The van der Waals surface area contributed by atoms with Crippen LogP contribution in [0.1, 0.15) is 15.2 Å². The quantitative estimate of drug-likeness (QED) is 0.701. The summed E-state index contributed by atoms with van der Waals surface area (Å²) in [5.74, 6) is -1.21. The molecule has 2 rings (SSSR count). The lowest BCUT2D eigenvalue weighted by Gasteiger charge is -2.16. The second-order valence-electron chi connectivity index (χ2n) is 5.32. The van der Waals surface area contributed by atoms with Crippen molar-refractivity contribution < 1.29 is 27.5 Å². The maximum atomic E-state index is 12.1. The van der Waals surface area contributed by atoms with Crippen molar-refractivity contribution in [1.82, 2.24) is 4.90 Å². The number of amides is 1. The van der Waals surface area contributed by atoms with Crippen LogP contribution >= 0.6 is 11.3 Å². The molecule has 1 heterocycles. The number of sulfonamides is 1. The Bertz CT molecular complexity index is 893. The van der Waals surface area contributed by atoms with E-state index in [2.05, 4.69) is 0 Å². The number of rotatable bonds is 7. The van der Waals surface area contributed by atoms with Gasteiger partial charge in [-0.2, -0.15) is 0 Å². The Kier molecular flexibility index (Phi) is 6.35. The van der Waals surface area contributed by atoms with Gasteiger partial charge < -0.3 is 14.4 Å². The van der Waals surface area contributed by atoms with Gasteiger partial charge in [0.05, 0.1) is 19.2 Å². The van der Waals surface area contributed by atoms with Crippen LogP contribution in [-0.2, 0) is 26.1 Å². The second kappa shape index (κ2) is 8.30. The summed E-state index contributed by atoms with van der Waals surface area (Å²) in [6.45, 7) is -0.0520. The monoisotopic (exact) mass is 398 g/mol. The van der Waals surface area contributed by atoms with Gasteiger partial charge in [0.2, 0.25) is 10.0 Å². The SMILES string of the molecule is COc1ccc(C(=O)OCC(=O)N(C)Cc2cccs2)cc1S(N)(=O)=O. The van der Waals surface area contributed by atoms with Crippen molar-refractivity contribution in [3.8, 4) is 5.75 Å². The predicted octanol–water partition coefficient (Wildman–Crippen LogP) is 1.22. The molecule has 0 aliphatic carbocycles. The van der Waals surface area contributed by atoms with Crippen LogP contribution in [0.25, 0.3) is 0 Å². The Labute approximate surface area is 155 Å². The molecule has 0 atom stereocenters. The molecule has 0 radical (unpaired) electrons. The van der Waals surface area contributed by atoms with Gasteiger partial charge in [0.1, 0.15) is 10.6 Å². The zero-order chi connectivity index (χ0) is 19.3. The molecule has 0 bridgehead atoms. The molecular weight excluding hydrogens is 380 g/mol. The number of hydrogen-bond donors (Lipinski definition) is 1. The fourth-order valence-electron chi connectivity index (χ4n) is 2.07. The van der Waals surface area contributed by atoms with Crippen molar-refractivity contribution in [3.63, 3.8) is 0 Å². The molecular formula is C16H18N2O6S2. The standard InChI is InChI=1S/C16H18N2O6S2/c1-18(9-12-4-3-7-25-12)15(19)10-24-16(20)11-5-6-13(23-2)14(8-11)26(17,21)22/h3-8H,9-10H2,1-2H3,(H2,17,21,22). The molecule has 0 saturated heterocycles. The molecule has 2 N–H and O–H groups in total. The molecule has 8 nitrogen and oxygen atoms in total. The van der Waals surface area contributed by atoms with Crippen molar-refractivity contribution in [2.24, 2.45) is 5.14 Å². The summed E-state index contributed by atoms with van der Waals surface area (Å²) in [4.78, 5) is 26.2. The summed E-state index contributed by atoms with van der Waals surface area (Å²) in [6.07, 6.45) is 0. The van der Waals surface area contributed by atoms with Gasteiger partial charge in [-0.1, -0.05) is 6.07 Å². The van der Waals surface area contributed by atoms with Gasteiger partial charge in [-0.05, 0) is 29.6 Å². The second-order valence-corrected chi connectivity index (χ2v) is 7.88. The number of thiophene rings is 1. The molecule has 0 aliphatic rings. The van der Waals surface area contributed by atoms with Gasteiger partial charge in [0, 0.05) is 11.9 Å². The van der Waals surface area contributed by atoms with Crippen molar-refractivity contribution in [2.75, 3.05) is 20.8 Å². The van der Waals surface area contributed by atoms with E-state index in [1.807, 2.05) is 17.5 Å². The molecule has 2 aromatic rings. The number of carbonyl (C=O) groups is 2. The smallest absolute Gasteiger partial charge is 0.338 e. The number of carbonyl (C=O) groups excluding carboxylic acids is 2. The third kappa shape index (κ3) is 5.04. The highest BCUT2D eigenvalue weighted by atomic mass is 32.2. The lowest BCUT2D eigenvalue weighted by molar-refractivity contribution is -0.133. The van der Waals surface area contributed by atoms with Crippen LogP contribution in [0.15, 0.2) is 40.6 Å². The maximum Gasteiger partial charge on any atom is 0.338 e. The van der Waals surface area contributed by atoms with E-state index >= 15 is 0 Å². The highest BCUT2D eigenvalue weighted by Crippen LogP contribution is 2.24. The van der Waals surface area contributed by atoms with E-state index in [0.29, 0.717) is 6.54 Å². The average Bonchev–Trinajstić information content (AvgIpc) is 3.10. The van der Waals surface area contributed by atoms with E-state index in [0.717, 1.165) is 10.9 Å². The predicted molar refractivity (Wildman–Crippen MR) is 95.4 cm³/mol. The average molecular weight is 398 g/mol. The van der Waals surface area contributed by atoms with E-state index in [4.69, 9.17) is 14.6 Å². The van der Waals surface area contributed by atoms with Gasteiger partial charge in [0.15, 0.2) is 6.61 Å². The number of nitrogens with zero attached hydrogens (tertiary/aromatic N) is 1. The van der Waals surface area contributed by atoms with Crippen molar-refractivity contribution in [2.45, 2.75) is 11.4 Å². The van der Waals surface area contributed by atoms with Crippen LogP contribution in [0.4, 0.5) is 0 Å². The van der Waals surface area contributed by atoms with Crippen LogP contribution in [0.3, 0.4) is 0 Å². The number of methoxy groups -OCH3 is 1. The Morgan fingerprint density at radius 2 is 2.00 bits per heavy atom. The Morgan fingerprint density at radius 3 is 2.58 bits per heavy atom.